The summed E-state index contributed by atoms with van der Waals surface area (Å²) >= 11 is 0. The summed E-state index contributed by atoms with van der Waals surface area (Å²) in [7, 11) is 0. The summed E-state index contributed by atoms with van der Waals surface area (Å²) in [6.45, 7) is 0. The highest BCUT2D eigenvalue weighted by Crippen LogP contribution is 2.28. The van der Waals surface area contributed by atoms with E-state index in [1.807, 2.05) is 0 Å². The van der Waals surface area contributed by atoms with Crippen LogP contribution in [0.4, 0.5) is 34.1 Å². The third kappa shape index (κ3) is 10.8. The van der Waals surface area contributed by atoms with E-state index < -0.39 is 14.8 Å². The number of nitrogens with zero attached hydrogens (tertiary/aromatic N) is 9. The average molecular weight is 802 g/mol. The van der Waals surface area contributed by atoms with Gasteiger partial charge < -0.3 is 14.2 Å². The quantitative estimate of drug-likeness (QED) is 0.0535. The molecule has 1 aromatic heterocycles. The standard InChI is InChI=1S/C42H27N9O9/c52-49(53)34-13-7-31(8-14-34)43-25-28-1-19-37(20-2-28)58-40-46-41(59-38-21-3-29(4-22-38)26-44-32-9-15-35(16-10-32)50(54)55)48-42(47-40)60-39-23-5-30(6-24-39)27-45-33-11-17-36(18-12-33)51(56)57/h1-27H. The second-order valence-corrected chi connectivity index (χ2v) is 12.3. The Hall–Kier alpha value is -9.06. The maximum Gasteiger partial charge on any atom is 0.331 e. The maximum atomic E-state index is 10.9. The Morgan fingerprint density at radius 1 is 0.367 bits per heavy atom. The van der Waals surface area contributed by atoms with Crippen LogP contribution in [0.25, 0.3) is 0 Å². The molecular formula is C42H27N9O9. The van der Waals surface area contributed by atoms with Crippen LogP contribution < -0.4 is 14.2 Å². The zero-order valence-electron chi connectivity index (χ0n) is 30.8. The van der Waals surface area contributed by atoms with Gasteiger partial charge in [0.05, 0.1) is 31.8 Å². The number of hydrogen-bond acceptors (Lipinski definition) is 15. The largest absolute Gasteiger partial charge is 0.424 e. The molecule has 0 amide bonds. The van der Waals surface area contributed by atoms with Crippen molar-refractivity contribution in [1.29, 1.82) is 0 Å². The van der Waals surface area contributed by atoms with Gasteiger partial charge in [0.25, 0.3) is 17.1 Å². The fourth-order valence-electron chi connectivity index (χ4n) is 5.07. The molecule has 294 valence electrons. The van der Waals surface area contributed by atoms with E-state index in [9.17, 15) is 30.3 Å². The van der Waals surface area contributed by atoms with Gasteiger partial charge in [0.1, 0.15) is 17.2 Å². The van der Waals surface area contributed by atoms with Gasteiger partial charge in [-0.15, -0.1) is 15.0 Å². The van der Waals surface area contributed by atoms with E-state index >= 15 is 0 Å². The Labute approximate surface area is 339 Å². The third-order valence-electron chi connectivity index (χ3n) is 8.11. The number of aliphatic imine (C=N–C) groups is 3. The first kappa shape index (κ1) is 39.2. The zero-order valence-corrected chi connectivity index (χ0v) is 30.8. The van der Waals surface area contributed by atoms with Crippen molar-refractivity contribution in [2.45, 2.75) is 0 Å². The summed E-state index contributed by atoms with van der Waals surface area (Å²) in [6.07, 6.45) is 4.81. The fourth-order valence-corrected chi connectivity index (χ4v) is 5.07. The van der Waals surface area contributed by atoms with Gasteiger partial charge in [-0.25, -0.2) is 0 Å². The molecule has 0 atom stereocenters. The van der Waals surface area contributed by atoms with Crippen molar-refractivity contribution >= 4 is 52.8 Å². The molecule has 0 aliphatic heterocycles. The fraction of sp³-hybridized carbons (Fsp3) is 0. The first-order valence-corrected chi connectivity index (χ1v) is 17.6. The monoisotopic (exact) mass is 801 g/mol. The van der Waals surface area contributed by atoms with Crippen molar-refractivity contribution in [2.75, 3.05) is 0 Å². The Morgan fingerprint density at radius 3 is 0.817 bits per heavy atom. The van der Waals surface area contributed by atoms with Gasteiger partial charge in [0.2, 0.25) is 0 Å². The molecule has 0 saturated heterocycles. The number of hydrogen-bond donors (Lipinski definition) is 0. The minimum atomic E-state index is -0.478. The topological polar surface area (TPSA) is 233 Å². The predicted octanol–water partition coefficient (Wildman–Crippen LogP) is 10.2. The molecular weight excluding hydrogens is 775 g/mol. The summed E-state index contributed by atoms with van der Waals surface area (Å²) in [4.78, 5) is 57.4. The number of rotatable bonds is 15. The van der Waals surface area contributed by atoms with Crippen LogP contribution in [-0.2, 0) is 0 Å². The van der Waals surface area contributed by atoms with Crippen LogP contribution >= 0.6 is 0 Å². The van der Waals surface area contributed by atoms with Crippen LogP contribution in [0.3, 0.4) is 0 Å². The molecule has 0 fully saturated rings. The van der Waals surface area contributed by atoms with Crippen LogP contribution in [0.5, 0.6) is 35.3 Å². The van der Waals surface area contributed by atoms with Crippen LogP contribution in [0, 0.1) is 30.3 Å². The van der Waals surface area contributed by atoms with E-state index in [0.717, 1.165) is 16.7 Å². The van der Waals surface area contributed by atoms with Crippen molar-refractivity contribution in [2.24, 2.45) is 15.0 Å². The highest BCUT2D eigenvalue weighted by Gasteiger charge is 2.14. The van der Waals surface area contributed by atoms with Crippen molar-refractivity contribution in [3.63, 3.8) is 0 Å². The molecule has 0 unspecified atom stereocenters. The lowest BCUT2D eigenvalue weighted by molar-refractivity contribution is -0.385. The van der Waals surface area contributed by atoms with Gasteiger partial charge in [-0.05, 0) is 126 Å². The number of ether oxygens (including phenoxy) is 3. The van der Waals surface area contributed by atoms with E-state index in [0.29, 0.717) is 34.3 Å². The Morgan fingerprint density at radius 2 is 0.600 bits per heavy atom. The first-order chi connectivity index (χ1) is 29.1. The molecule has 6 aromatic carbocycles. The van der Waals surface area contributed by atoms with E-state index in [4.69, 9.17) is 14.2 Å². The molecule has 7 aromatic rings. The molecule has 0 bridgehead atoms. The number of benzene rings is 6. The molecule has 0 spiro atoms. The van der Waals surface area contributed by atoms with Crippen molar-refractivity contribution < 1.29 is 29.0 Å². The van der Waals surface area contributed by atoms with Gasteiger partial charge in [-0.3, -0.25) is 45.3 Å². The molecule has 0 aliphatic rings. The molecule has 0 saturated carbocycles. The molecule has 1 heterocycles. The highest BCUT2D eigenvalue weighted by molar-refractivity contribution is 5.83. The third-order valence-corrected chi connectivity index (χ3v) is 8.11. The van der Waals surface area contributed by atoms with Gasteiger partial charge in [0.15, 0.2) is 0 Å². The number of nitro groups is 3. The zero-order chi connectivity index (χ0) is 41.8. The molecule has 7 rings (SSSR count). The lowest BCUT2D eigenvalue weighted by atomic mass is 10.2. The second-order valence-electron chi connectivity index (χ2n) is 12.3. The summed E-state index contributed by atoms with van der Waals surface area (Å²) in [5, 5.41) is 32.8. The molecule has 18 heteroatoms. The summed E-state index contributed by atoms with van der Waals surface area (Å²) in [6, 6.07) is 37.7. The smallest absolute Gasteiger partial charge is 0.331 e. The van der Waals surface area contributed by atoms with Gasteiger partial charge in [-0.1, -0.05) is 0 Å². The molecule has 18 nitrogen and oxygen atoms in total. The minimum absolute atomic E-state index is 0.0285. The normalized spacial score (nSPS) is 11.2. The molecule has 0 N–H and O–H groups in total. The molecule has 0 aliphatic carbocycles. The minimum Gasteiger partial charge on any atom is -0.424 e. The van der Waals surface area contributed by atoms with Gasteiger partial charge in [0, 0.05) is 55.0 Å². The van der Waals surface area contributed by atoms with E-state index in [1.54, 1.807) is 128 Å². The van der Waals surface area contributed by atoms with Crippen LogP contribution in [0.2, 0.25) is 0 Å². The molecule has 60 heavy (non-hydrogen) atoms. The Kier molecular flexibility index (Phi) is 11.9. The van der Waals surface area contributed by atoms with Crippen LogP contribution in [-0.4, -0.2) is 48.4 Å². The molecule has 0 radical (unpaired) electrons. The predicted molar refractivity (Wildman–Crippen MR) is 220 cm³/mol. The second kappa shape index (κ2) is 18.3. The average Bonchev–Trinajstić information content (AvgIpc) is 3.26. The van der Waals surface area contributed by atoms with Crippen molar-refractivity contribution in [3.05, 3.63) is 193 Å². The summed E-state index contributed by atoms with van der Waals surface area (Å²) < 4.78 is 17.9. The van der Waals surface area contributed by atoms with Crippen LogP contribution in [0.15, 0.2) is 161 Å². The van der Waals surface area contributed by atoms with E-state index in [-0.39, 0.29) is 35.1 Å². The number of aromatic nitrogens is 3. The van der Waals surface area contributed by atoms with E-state index in [1.165, 1.54) is 36.4 Å². The lowest BCUT2D eigenvalue weighted by Crippen LogP contribution is -2.01. The lowest BCUT2D eigenvalue weighted by Gasteiger charge is -2.10. The maximum absolute atomic E-state index is 10.9. The van der Waals surface area contributed by atoms with Crippen LogP contribution in [0.1, 0.15) is 16.7 Å². The first-order valence-electron chi connectivity index (χ1n) is 17.6. The summed E-state index contributed by atoms with van der Waals surface area (Å²) in [5.74, 6) is 1.12. The highest BCUT2D eigenvalue weighted by atomic mass is 16.6. The Balaban J connectivity index is 1.07. The number of nitro benzene ring substituents is 3. The van der Waals surface area contributed by atoms with Crippen molar-refractivity contribution in [3.8, 4) is 35.3 Å². The van der Waals surface area contributed by atoms with Gasteiger partial charge in [-0.2, -0.15) is 0 Å². The summed E-state index contributed by atoms with van der Waals surface area (Å²) in [5.41, 5.74) is 3.73. The van der Waals surface area contributed by atoms with Crippen molar-refractivity contribution in [1.82, 2.24) is 15.0 Å². The Bertz CT molecular complexity index is 2410. The SMILES string of the molecule is O=[N+]([O-])c1ccc(N=Cc2ccc(Oc3nc(Oc4ccc(C=Nc5ccc([N+](=O)[O-])cc5)cc4)nc(Oc4ccc(C=Nc5ccc([N+](=O)[O-])cc5)cc4)n3)cc2)cc1. The van der Waals surface area contributed by atoms with E-state index in [2.05, 4.69) is 29.9 Å². The van der Waals surface area contributed by atoms with Gasteiger partial charge >= 0.3 is 18.0 Å². The number of non-ortho nitro benzene ring substituents is 3.